The number of carbonyl (C=O) groups is 2. The van der Waals surface area contributed by atoms with Crippen molar-refractivity contribution < 1.29 is 14.3 Å². The second kappa shape index (κ2) is 5.70. The van der Waals surface area contributed by atoms with E-state index in [2.05, 4.69) is 6.26 Å². The summed E-state index contributed by atoms with van der Waals surface area (Å²) in [7, 11) is 0. The topological polar surface area (TPSA) is 43.4 Å². The Morgan fingerprint density at radius 1 is 1.25 bits per heavy atom. The zero-order valence-corrected chi connectivity index (χ0v) is 13.0. The summed E-state index contributed by atoms with van der Waals surface area (Å²) >= 11 is 1.83. The largest absolute Gasteiger partial charge is 0.465 e. The molecule has 4 aliphatic carbocycles. The number of esters is 1. The van der Waals surface area contributed by atoms with Crippen LogP contribution in [0.4, 0.5) is 0 Å². The number of rotatable bonds is 6. The summed E-state index contributed by atoms with van der Waals surface area (Å²) in [5, 5.41) is 0. The predicted molar refractivity (Wildman–Crippen MR) is 79.6 cm³/mol. The number of Topliss-reactive ketones (excluding diaryl/α,β-unsaturated/α-hetero) is 1. The third kappa shape index (κ3) is 2.51. The number of ketones is 1. The first kappa shape index (κ1) is 14.4. The lowest BCUT2D eigenvalue weighted by molar-refractivity contribution is -0.174. The summed E-state index contributed by atoms with van der Waals surface area (Å²) in [5.74, 6) is 2.46. The maximum atomic E-state index is 12.5. The number of thioether (sulfide) groups is 1. The first-order chi connectivity index (χ1) is 9.64. The van der Waals surface area contributed by atoms with Crippen molar-refractivity contribution in [2.24, 2.45) is 23.2 Å². The van der Waals surface area contributed by atoms with E-state index in [-0.39, 0.29) is 23.2 Å². The van der Waals surface area contributed by atoms with E-state index in [4.69, 9.17) is 4.74 Å². The van der Waals surface area contributed by atoms with Gasteiger partial charge in [0.1, 0.15) is 5.78 Å². The van der Waals surface area contributed by atoms with Crippen molar-refractivity contribution in [3.8, 4) is 0 Å². The molecule has 0 saturated heterocycles. The van der Waals surface area contributed by atoms with Crippen LogP contribution in [0.5, 0.6) is 0 Å². The van der Waals surface area contributed by atoms with Crippen molar-refractivity contribution in [3.05, 3.63) is 0 Å². The molecule has 4 fully saturated rings. The molecule has 0 spiro atoms. The van der Waals surface area contributed by atoms with Crippen LogP contribution >= 0.6 is 11.8 Å². The molecule has 4 bridgehead atoms. The van der Waals surface area contributed by atoms with Crippen LogP contribution in [0.15, 0.2) is 0 Å². The van der Waals surface area contributed by atoms with Gasteiger partial charge in [0, 0.05) is 11.8 Å². The third-order valence-electron chi connectivity index (χ3n) is 5.40. The molecule has 4 rings (SSSR count). The highest BCUT2D eigenvalue weighted by atomic mass is 32.2. The minimum Gasteiger partial charge on any atom is -0.465 e. The standard InChI is InChI=1S/C16H24O3S/c1-20-5-3-2-4-19-15(18)16-8-11-6-12(9-16)14(17)13(7-11)10-16/h11-13H,2-10H2,1H3. The summed E-state index contributed by atoms with van der Waals surface area (Å²) in [4.78, 5) is 24.6. The lowest BCUT2D eigenvalue weighted by Crippen LogP contribution is -2.54. The van der Waals surface area contributed by atoms with Crippen LogP contribution in [0.2, 0.25) is 0 Å². The lowest BCUT2D eigenvalue weighted by atomic mass is 9.49. The van der Waals surface area contributed by atoms with Crippen LogP contribution in [0.1, 0.15) is 44.9 Å². The average Bonchev–Trinajstić information content (AvgIpc) is 2.43. The summed E-state index contributed by atoms with van der Waals surface area (Å²) in [5.41, 5.74) is -0.302. The molecular weight excluding hydrogens is 272 g/mol. The SMILES string of the molecule is CSCCCCOC(=O)C12CC3CC(C1)C(=O)C(C3)C2. The number of ether oxygens (including phenoxy) is 1. The Kier molecular flexibility index (Phi) is 4.11. The Balaban J connectivity index is 1.56. The molecule has 0 heterocycles. The minimum absolute atomic E-state index is 0.00597. The normalized spacial score (nSPS) is 38.2. The Morgan fingerprint density at radius 3 is 2.60 bits per heavy atom. The third-order valence-corrected chi connectivity index (χ3v) is 6.10. The second-order valence-electron chi connectivity index (χ2n) is 6.86. The highest BCUT2D eigenvalue weighted by Gasteiger charge is 2.58. The van der Waals surface area contributed by atoms with Crippen LogP contribution < -0.4 is 0 Å². The molecule has 20 heavy (non-hydrogen) atoms. The van der Waals surface area contributed by atoms with Gasteiger partial charge in [-0.2, -0.15) is 11.8 Å². The second-order valence-corrected chi connectivity index (χ2v) is 7.85. The van der Waals surface area contributed by atoms with E-state index in [1.54, 1.807) is 0 Å². The Labute approximate surface area is 125 Å². The van der Waals surface area contributed by atoms with Crippen LogP contribution in [-0.4, -0.2) is 30.4 Å². The van der Waals surface area contributed by atoms with Gasteiger partial charge >= 0.3 is 5.97 Å². The molecule has 4 aliphatic rings. The van der Waals surface area contributed by atoms with Gasteiger partial charge in [0.2, 0.25) is 0 Å². The monoisotopic (exact) mass is 296 g/mol. The quantitative estimate of drug-likeness (QED) is 0.558. The predicted octanol–water partition coefficient (Wildman–Crippen LogP) is 3.07. The van der Waals surface area contributed by atoms with Crippen molar-refractivity contribution in [1.82, 2.24) is 0 Å². The number of carbonyl (C=O) groups excluding carboxylic acids is 2. The highest BCUT2D eigenvalue weighted by molar-refractivity contribution is 7.98. The fourth-order valence-electron chi connectivity index (χ4n) is 4.66. The lowest BCUT2D eigenvalue weighted by Gasteiger charge is -2.53. The Bertz CT molecular complexity index is 389. The van der Waals surface area contributed by atoms with Crippen molar-refractivity contribution in [2.45, 2.75) is 44.9 Å². The first-order valence-corrected chi connectivity index (χ1v) is 9.24. The minimum atomic E-state index is -0.302. The van der Waals surface area contributed by atoms with Crippen molar-refractivity contribution >= 4 is 23.5 Å². The summed E-state index contributed by atoms with van der Waals surface area (Å²) in [6.45, 7) is 0.551. The molecule has 0 aromatic heterocycles. The number of unbranched alkanes of at least 4 members (excludes halogenated alkanes) is 1. The van der Waals surface area contributed by atoms with Gasteiger partial charge in [-0.3, -0.25) is 9.59 Å². The van der Waals surface area contributed by atoms with Gasteiger partial charge in [-0.05, 0) is 62.9 Å². The van der Waals surface area contributed by atoms with E-state index in [9.17, 15) is 9.59 Å². The smallest absolute Gasteiger partial charge is 0.312 e. The number of hydrogen-bond acceptors (Lipinski definition) is 4. The van der Waals surface area contributed by atoms with E-state index in [1.165, 1.54) is 0 Å². The van der Waals surface area contributed by atoms with Crippen molar-refractivity contribution in [1.29, 1.82) is 0 Å². The maximum absolute atomic E-state index is 12.5. The fraction of sp³-hybridized carbons (Fsp3) is 0.875. The first-order valence-electron chi connectivity index (χ1n) is 7.84. The molecule has 112 valence electrons. The van der Waals surface area contributed by atoms with E-state index in [0.717, 1.165) is 50.7 Å². The van der Waals surface area contributed by atoms with Gasteiger partial charge in [-0.25, -0.2) is 0 Å². The van der Waals surface area contributed by atoms with Crippen LogP contribution in [0.3, 0.4) is 0 Å². The van der Waals surface area contributed by atoms with Crippen molar-refractivity contribution in [2.75, 3.05) is 18.6 Å². The summed E-state index contributed by atoms with van der Waals surface area (Å²) < 4.78 is 5.55. The van der Waals surface area contributed by atoms with E-state index in [1.807, 2.05) is 11.8 Å². The number of hydrogen-bond donors (Lipinski definition) is 0. The van der Waals surface area contributed by atoms with E-state index in [0.29, 0.717) is 18.3 Å². The van der Waals surface area contributed by atoms with Crippen LogP contribution in [0.25, 0.3) is 0 Å². The average molecular weight is 296 g/mol. The maximum Gasteiger partial charge on any atom is 0.312 e. The zero-order valence-electron chi connectivity index (χ0n) is 12.2. The van der Waals surface area contributed by atoms with Crippen molar-refractivity contribution in [3.63, 3.8) is 0 Å². The van der Waals surface area contributed by atoms with Gasteiger partial charge in [-0.15, -0.1) is 0 Å². The van der Waals surface area contributed by atoms with Gasteiger partial charge in [0.05, 0.1) is 12.0 Å². The summed E-state index contributed by atoms with van der Waals surface area (Å²) in [6.07, 6.45) is 8.71. The van der Waals surface area contributed by atoms with E-state index >= 15 is 0 Å². The molecule has 4 heteroatoms. The molecule has 0 aromatic carbocycles. The van der Waals surface area contributed by atoms with Gasteiger partial charge in [0.25, 0.3) is 0 Å². The van der Waals surface area contributed by atoms with E-state index < -0.39 is 0 Å². The molecule has 4 saturated carbocycles. The molecule has 0 aromatic rings. The molecular formula is C16H24O3S. The molecule has 2 unspecified atom stereocenters. The van der Waals surface area contributed by atoms with Gasteiger partial charge in [0.15, 0.2) is 0 Å². The fourth-order valence-corrected chi connectivity index (χ4v) is 5.16. The molecule has 0 N–H and O–H groups in total. The Hall–Kier alpha value is -0.510. The van der Waals surface area contributed by atoms with Gasteiger partial charge < -0.3 is 4.74 Å². The van der Waals surface area contributed by atoms with Crippen LogP contribution in [0, 0.1) is 23.2 Å². The molecule has 0 amide bonds. The summed E-state index contributed by atoms with van der Waals surface area (Å²) in [6, 6.07) is 0. The van der Waals surface area contributed by atoms with Crippen LogP contribution in [-0.2, 0) is 14.3 Å². The molecule has 0 radical (unpaired) electrons. The highest BCUT2D eigenvalue weighted by Crippen LogP contribution is 2.59. The zero-order chi connectivity index (χ0) is 14.2. The van der Waals surface area contributed by atoms with Gasteiger partial charge in [-0.1, -0.05) is 0 Å². The molecule has 0 aliphatic heterocycles. The molecule has 2 atom stereocenters. The molecule has 3 nitrogen and oxygen atoms in total. The Morgan fingerprint density at radius 2 is 1.95 bits per heavy atom.